The Morgan fingerprint density at radius 1 is 0.952 bits per heavy atom. The second-order valence-corrected chi connectivity index (χ2v) is 14.3. The van der Waals surface area contributed by atoms with Gasteiger partial charge in [0.2, 0.25) is 17.7 Å². The number of piperidine rings is 2. The highest BCUT2D eigenvalue weighted by molar-refractivity contribution is 5.89. The van der Waals surface area contributed by atoms with Crippen molar-refractivity contribution >= 4 is 17.7 Å². The molecule has 234 valence electrons. The topological polar surface area (TPSA) is 81.8 Å². The quantitative estimate of drug-likeness (QED) is 0.447. The molecule has 2 heterocycles. The molecule has 1 aliphatic carbocycles. The molecule has 8 heteroatoms. The lowest BCUT2D eigenvalue weighted by molar-refractivity contribution is -0.147. The largest absolute Gasteiger partial charge is 0.351 e. The number of likely N-dealkylation sites (tertiary alicyclic amines) is 2. The summed E-state index contributed by atoms with van der Waals surface area (Å²) in [5, 5.41) is 6.39. The molecule has 1 aromatic rings. The predicted molar refractivity (Wildman–Crippen MR) is 164 cm³/mol. The highest BCUT2D eigenvalue weighted by Crippen LogP contribution is 2.46. The van der Waals surface area contributed by atoms with Crippen LogP contribution >= 0.6 is 0 Å². The minimum absolute atomic E-state index is 0.0843. The molecule has 2 aliphatic heterocycles. The molecule has 1 saturated carbocycles. The first-order chi connectivity index (χ1) is 19.9. The molecule has 3 amide bonds. The number of halogens is 1. The molecule has 4 rings (SSSR count). The van der Waals surface area contributed by atoms with Crippen LogP contribution in [0.5, 0.6) is 0 Å². The zero-order valence-electron chi connectivity index (χ0n) is 26.5. The van der Waals surface area contributed by atoms with Crippen molar-refractivity contribution in [3.63, 3.8) is 0 Å². The Labute approximate surface area is 252 Å². The Hall–Kier alpha value is -2.48. The van der Waals surface area contributed by atoms with Crippen molar-refractivity contribution in [2.45, 2.75) is 116 Å². The number of carbonyl (C=O) groups excluding carboxylic acids is 3. The summed E-state index contributed by atoms with van der Waals surface area (Å²) in [6, 6.07) is 5.79. The zero-order chi connectivity index (χ0) is 30.5. The van der Waals surface area contributed by atoms with Gasteiger partial charge in [0, 0.05) is 37.6 Å². The smallest absolute Gasteiger partial charge is 0.245 e. The predicted octanol–water partition coefficient (Wildman–Crippen LogP) is 5.08. The molecule has 0 radical (unpaired) electrons. The van der Waals surface area contributed by atoms with Gasteiger partial charge in [0.15, 0.2) is 0 Å². The molecule has 2 N–H and O–H groups in total. The maximum atomic E-state index is 14.1. The normalized spacial score (nSPS) is 22.9. The minimum Gasteiger partial charge on any atom is -0.351 e. The van der Waals surface area contributed by atoms with Gasteiger partial charge in [0.25, 0.3) is 0 Å². The molecule has 0 aromatic heterocycles. The van der Waals surface area contributed by atoms with Gasteiger partial charge in [-0.2, -0.15) is 0 Å². The number of rotatable bonds is 8. The lowest BCUT2D eigenvalue weighted by atomic mass is 9.63. The van der Waals surface area contributed by atoms with Gasteiger partial charge in [0.05, 0.1) is 11.3 Å². The summed E-state index contributed by atoms with van der Waals surface area (Å²) in [7, 11) is 0. The molecular weight excluding hydrogens is 531 g/mol. The minimum atomic E-state index is -0.733. The molecule has 0 unspecified atom stereocenters. The van der Waals surface area contributed by atoms with Gasteiger partial charge in [-0.05, 0) is 103 Å². The van der Waals surface area contributed by atoms with Crippen LogP contribution in [0.2, 0.25) is 0 Å². The van der Waals surface area contributed by atoms with Crippen LogP contribution in [0, 0.1) is 23.1 Å². The Morgan fingerprint density at radius 2 is 1.60 bits per heavy atom. The van der Waals surface area contributed by atoms with E-state index in [0.717, 1.165) is 50.6 Å². The van der Waals surface area contributed by atoms with Gasteiger partial charge < -0.3 is 20.4 Å². The Balaban J connectivity index is 1.50. The molecule has 1 aromatic carbocycles. The van der Waals surface area contributed by atoms with E-state index in [1.54, 1.807) is 12.1 Å². The van der Waals surface area contributed by atoms with Crippen LogP contribution in [-0.2, 0) is 20.8 Å². The SMILES string of the molecule is CC(C)N1CCC[C@@H](C(=O)N[C@H](Cc2ccc(F)cc2)C(=O)N2CCC(C(=O)NC(C)(C)C)(C3CCCCC3)CC2)C1. The van der Waals surface area contributed by atoms with Gasteiger partial charge in [-0.15, -0.1) is 0 Å². The Morgan fingerprint density at radius 3 is 2.19 bits per heavy atom. The molecule has 3 fully saturated rings. The summed E-state index contributed by atoms with van der Waals surface area (Å²) in [5.41, 5.74) is 0.0175. The lowest BCUT2D eigenvalue weighted by Crippen LogP contribution is -2.59. The molecule has 0 spiro atoms. The van der Waals surface area contributed by atoms with Crippen LogP contribution < -0.4 is 10.6 Å². The summed E-state index contributed by atoms with van der Waals surface area (Å²) >= 11 is 0. The Kier molecular flexibility index (Phi) is 10.7. The first-order valence-electron chi connectivity index (χ1n) is 16.3. The van der Waals surface area contributed by atoms with E-state index in [0.29, 0.717) is 50.9 Å². The van der Waals surface area contributed by atoms with Crippen molar-refractivity contribution < 1.29 is 18.8 Å². The van der Waals surface area contributed by atoms with E-state index >= 15 is 0 Å². The van der Waals surface area contributed by atoms with Crippen molar-refractivity contribution in [2.75, 3.05) is 26.2 Å². The third-order valence-corrected chi connectivity index (χ3v) is 9.82. The van der Waals surface area contributed by atoms with Crippen LogP contribution in [0.25, 0.3) is 0 Å². The first-order valence-corrected chi connectivity index (χ1v) is 16.3. The fourth-order valence-corrected chi connectivity index (χ4v) is 7.32. The molecular formula is C34H53FN4O3. The highest BCUT2D eigenvalue weighted by atomic mass is 19.1. The van der Waals surface area contributed by atoms with Crippen LogP contribution in [0.15, 0.2) is 24.3 Å². The monoisotopic (exact) mass is 584 g/mol. The summed E-state index contributed by atoms with van der Waals surface area (Å²) in [5.74, 6) is -0.235. The molecule has 42 heavy (non-hydrogen) atoms. The average molecular weight is 585 g/mol. The van der Waals surface area contributed by atoms with Crippen LogP contribution in [0.1, 0.15) is 98.0 Å². The van der Waals surface area contributed by atoms with Crippen molar-refractivity contribution in [2.24, 2.45) is 17.3 Å². The van der Waals surface area contributed by atoms with Crippen molar-refractivity contribution in [3.05, 3.63) is 35.6 Å². The summed E-state index contributed by atoms with van der Waals surface area (Å²) in [6.45, 7) is 13.0. The van der Waals surface area contributed by atoms with Gasteiger partial charge in [0.1, 0.15) is 11.9 Å². The summed E-state index contributed by atoms with van der Waals surface area (Å²) < 4.78 is 13.6. The van der Waals surface area contributed by atoms with Crippen LogP contribution in [0.3, 0.4) is 0 Å². The third kappa shape index (κ3) is 8.12. The summed E-state index contributed by atoms with van der Waals surface area (Å²) in [4.78, 5) is 45.6. The number of nitrogens with one attached hydrogen (secondary N) is 2. The van der Waals surface area contributed by atoms with E-state index in [1.807, 2.05) is 25.7 Å². The molecule has 0 bridgehead atoms. The first kappa shape index (κ1) is 32.4. The molecule has 2 atom stereocenters. The lowest BCUT2D eigenvalue weighted by Gasteiger charge is -2.48. The fraction of sp³-hybridized carbons (Fsp3) is 0.735. The maximum Gasteiger partial charge on any atom is 0.245 e. The number of amides is 3. The number of nitrogens with zero attached hydrogens (tertiary/aromatic N) is 2. The van der Waals surface area contributed by atoms with E-state index in [-0.39, 0.29) is 35.0 Å². The van der Waals surface area contributed by atoms with E-state index in [1.165, 1.54) is 18.6 Å². The standard InChI is InChI=1S/C34H53FN4O3/c1-24(2)39-19-9-10-26(23-39)30(40)36-29(22-25-13-15-28(35)16-14-25)31(41)38-20-17-34(18-21-38,27-11-7-6-8-12-27)32(42)37-33(3,4)5/h13-16,24,26-27,29H,6-12,17-23H2,1-5H3,(H,36,40)(H,37,42)/t26-,29-/m1/s1. The Bertz CT molecular complexity index is 1070. The van der Waals surface area contributed by atoms with E-state index in [2.05, 4.69) is 29.4 Å². The number of benzene rings is 1. The number of hydrogen-bond donors (Lipinski definition) is 2. The van der Waals surface area contributed by atoms with E-state index in [4.69, 9.17) is 0 Å². The second kappa shape index (κ2) is 13.9. The van der Waals surface area contributed by atoms with Crippen molar-refractivity contribution in [1.29, 1.82) is 0 Å². The number of carbonyl (C=O) groups is 3. The molecule has 3 aliphatic rings. The van der Waals surface area contributed by atoms with E-state index in [9.17, 15) is 18.8 Å². The van der Waals surface area contributed by atoms with Gasteiger partial charge in [-0.25, -0.2) is 4.39 Å². The van der Waals surface area contributed by atoms with Gasteiger partial charge >= 0.3 is 0 Å². The second-order valence-electron chi connectivity index (χ2n) is 14.3. The maximum absolute atomic E-state index is 14.1. The average Bonchev–Trinajstić information content (AvgIpc) is 2.97. The zero-order valence-corrected chi connectivity index (χ0v) is 26.5. The summed E-state index contributed by atoms with van der Waals surface area (Å²) in [6.07, 6.45) is 8.98. The van der Waals surface area contributed by atoms with Crippen LogP contribution in [0.4, 0.5) is 4.39 Å². The van der Waals surface area contributed by atoms with Crippen molar-refractivity contribution in [3.8, 4) is 0 Å². The third-order valence-electron chi connectivity index (χ3n) is 9.82. The van der Waals surface area contributed by atoms with Crippen molar-refractivity contribution in [1.82, 2.24) is 20.4 Å². The molecule has 7 nitrogen and oxygen atoms in total. The number of hydrogen-bond acceptors (Lipinski definition) is 4. The molecule has 2 saturated heterocycles. The van der Waals surface area contributed by atoms with Gasteiger partial charge in [-0.1, -0.05) is 31.4 Å². The fourth-order valence-electron chi connectivity index (χ4n) is 7.32. The van der Waals surface area contributed by atoms with E-state index < -0.39 is 11.5 Å². The van der Waals surface area contributed by atoms with Crippen LogP contribution in [-0.4, -0.2) is 71.3 Å². The van der Waals surface area contributed by atoms with Gasteiger partial charge in [-0.3, -0.25) is 14.4 Å². The highest BCUT2D eigenvalue weighted by Gasteiger charge is 2.49.